The molecule has 0 rings (SSSR count). The van der Waals surface area contributed by atoms with Crippen LogP contribution in [0.3, 0.4) is 0 Å². The van der Waals surface area contributed by atoms with Gasteiger partial charge in [-0.1, -0.05) is 6.08 Å². The predicted octanol–water partition coefficient (Wildman–Crippen LogP) is 1.91. The summed E-state index contributed by atoms with van der Waals surface area (Å²) in [5.41, 5.74) is 1.21. The largest absolute Gasteiger partial charge is 0.528 e. The van der Waals surface area contributed by atoms with Gasteiger partial charge in [-0.3, -0.25) is 0 Å². The standard InChI is InChI=1S/C7H13F3O3Si/c1-11-14(12-2,13-3)6-4-5-7(8,9)10/h4,6H,5H2,1-3H3/b6-4+. The maximum absolute atomic E-state index is 11.8. The van der Waals surface area contributed by atoms with E-state index < -0.39 is 21.4 Å². The molecular formula is C7H13F3O3Si. The van der Waals surface area contributed by atoms with E-state index in [1.54, 1.807) is 0 Å². The topological polar surface area (TPSA) is 27.7 Å². The molecule has 0 aliphatic heterocycles. The molecule has 0 unspecified atom stereocenters. The van der Waals surface area contributed by atoms with Crippen molar-refractivity contribution in [2.45, 2.75) is 12.6 Å². The molecule has 0 amide bonds. The van der Waals surface area contributed by atoms with Crippen LogP contribution in [-0.4, -0.2) is 36.3 Å². The molecule has 0 spiro atoms. The van der Waals surface area contributed by atoms with Gasteiger partial charge in [0.05, 0.1) is 6.42 Å². The third-order valence-corrected chi connectivity index (χ3v) is 3.88. The molecule has 84 valence electrons. The van der Waals surface area contributed by atoms with Crippen LogP contribution in [0.4, 0.5) is 13.2 Å². The Morgan fingerprint density at radius 3 is 1.79 bits per heavy atom. The Labute approximate surface area is 81.8 Å². The molecule has 0 aromatic carbocycles. The van der Waals surface area contributed by atoms with Crippen LogP contribution in [0.2, 0.25) is 0 Å². The first-order valence-electron chi connectivity index (χ1n) is 3.79. The van der Waals surface area contributed by atoms with Crippen LogP contribution in [0.15, 0.2) is 11.8 Å². The Morgan fingerprint density at radius 2 is 1.50 bits per heavy atom. The van der Waals surface area contributed by atoms with E-state index in [4.69, 9.17) is 13.3 Å². The van der Waals surface area contributed by atoms with Gasteiger partial charge in [0.25, 0.3) is 0 Å². The summed E-state index contributed by atoms with van der Waals surface area (Å²) in [5, 5.41) is 0. The minimum absolute atomic E-state index is 0.947. The second-order valence-electron chi connectivity index (χ2n) is 2.44. The van der Waals surface area contributed by atoms with Gasteiger partial charge in [0.1, 0.15) is 0 Å². The molecule has 0 atom stereocenters. The number of hydrogen-bond donors (Lipinski definition) is 0. The van der Waals surface area contributed by atoms with Crippen molar-refractivity contribution in [3.05, 3.63) is 11.8 Å². The van der Waals surface area contributed by atoms with Gasteiger partial charge in [-0.2, -0.15) is 13.2 Å². The summed E-state index contributed by atoms with van der Waals surface area (Å²) in [5.74, 6) is 0. The molecule has 0 aromatic heterocycles. The summed E-state index contributed by atoms with van der Waals surface area (Å²) in [6.45, 7) is 0. The van der Waals surface area contributed by atoms with E-state index in [9.17, 15) is 13.2 Å². The van der Waals surface area contributed by atoms with Crippen LogP contribution in [0, 0.1) is 0 Å². The number of rotatable bonds is 5. The minimum Gasteiger partial charge on any atom is -0.374 e. The van der Waals surface area contributed by atoms with Gasteiger partial charge >= 0.3 is 15.0 Å². The zero-order chi connectivity index (χ0) is 11.2. The van der Waals surface area contributed by atoms with Gasteiger partial charge in [-0.25, -0.2) is 0 Å². The lowest BCUT2D eigenvalue weighted by Crippen LogP contribution is -2.41. The molecule has 0 aliphatic rings. The summed E-state index contributed by atoms with van der Waals surface area (Å²) >= 11 is 0. The molecule has 0 aromatic rings. The van der Waals surface area contributed by atoms with Crippen LogP contribution in [0.25, 0.3) is 0 Å². The van der Waals surface area contributed by atoms with E-state index in [0.29, 0.717) is 0 Å². The molecule has 14 heavy (non-hydrogen) atoms. The first-order chi connectivity index (χ1) is 6.39. The molecule has 0 N–H and O–H groups in total. The van der Waals surface area contributed by atoms with Crippen molar-refractivity contribution < 1.29 is 26.4 Å². The maximum Gasteiger partial charge on any atom is 0.528 e. The highest BCUT2D eigenvalue weighted by atomic mass is 28.4. The Kier molecular flexibility index (Phi) is 5.35. The van der Waals surface area contributed by atoms with Crippen molar-refractivity contribution in [1.29, 1.82) is 0 Å². The van der Waals surface area contributed by atoms with Crippen molar-refractivity contribution in [3.8, 4) is 0 Å². The lowest BCUT2D eigenvalue weighted by molar-refractivity contribution is -0.125. The first-order valence-corrected chi connectivity index (χ1v) is 5.59. The number of allylic oxidation sites excluding steroid dienone is 1. The first kappa shape index (κ1) is 13.6. The Bertz CT molecular complexity index is 181. The maximum atomic E-state index is 11.8. The normalized spacial score (nSPS) is 13.9. The van der Waals surface area contributed by atoms with Gasteiger partial charge in [-0.05, 0) is 5.70 Å². The van der Waals surface area contributed by atoms with Crippen molar-refractivity contribution in [2.24, 2.45) is 0 Å². The SMILES string of the molecule is CO[Si](/C=C/CC(F)(F)F)(OC)OC. The van der Waals surface area contributed by atoms with Crippen LogP contribution in [0.5, 0.6) is 0 Å². The average Bonchev–Trinajstić information content (AvgIpc) is 2.11. The summed E-state index contributed by atoms with van der Waals surface area (Å²) in [6.07, 6.45) is -4.29. The molecule has 3 nitrogen and oxygen atoms in total. The molecule has 0 bridgehead atoms. The molecule has 0 aliphatic carbocycles. The zero-order valence-corrected chi connectivity index (χ0v) is 9.22. The Hall–Kier alpha value is -0.373. The Morgan fingerprint density at radius 1 is 1.07 bits per heavy atom. The monoisotopic (exact) mass is 230 g/mol. The number of hydrogen-bond acceptors (Lipinski definition) is 3. The van der Waals surface area contributed by atoms with Crippen molar-refractivity contribution in [1.82, 2.24) is 0 Å². The summed E-state index contributed by atoms with van der Waals surface area (Å²) in [6, 6.07) is 0. The third kappa shape index (κ3) is 4.75. The van der Waals surface area contributed by atoms with Gasteiger partial charge in [0.2, 0.25) is 0 Å². The Balaban J connectivity index is 4.30. The average molecular weight is 230 g/mol. The molecule has 0 heterocycles. The second-order valence-corrected chi connectivity index (χ2v) is 5.20. The van der Waals surface area contributed by atoms with E-state index in [-0.39, 0.29) is 0 Å². The lowest BCUT2D eigenvalue weighted by Gasteiger charge is -2.20. The second kappa shape index (κ2) is 5.49. The van der Waals surface area contributed by atoms with Gasteiger partial charge in [0.15, 0.2) is 0 Å². The van der Waals surface area contributed by atoms with E-state index in [1.807, 2.05) is 0 Å². The molecular weight excluding hydrogens is 217 g/mol. The minimum atomic E-state index is -4.22. The molecule has 0 fully saturated rings. The highest BCUT2D eigenvalue weighted by molar-refractivity contribution is 6.66. The predicted molar refractivity (Wildman–Crippen MR) is 46.6 cm³/mol. The number of alkyl halides is 3. The van der Waals surface area contributed by atoms with E-state index >= 15 is 0 Å². The van der Waals surface area contributed by atoms with Crippen LogP contribution in [-0.2, 0) is 13.3 Å². The number of halogens is 3. The lowest BCUT2D eigenvalue weighted by atomic mass is 10.4. The highest BCUT2D eigenvalue weighted by Gasteiger charge is 2.35. The summed E-state index contributed by atoms with van der Waals surface area (Å²) in [7, 11) is 0.994. The fraction of sp³-hybridized carbons (Fsp3) is 0.714. The van der Waals surface area contributed by atoms with E-state index in [0.717, 1.165) is 6.08 Å². The van der Waals surface area contributed by atoms with Gasteiger partial charge < -0.3 is 13.3 Å². The third-order valence-electron chi connectivity index (χ3n) is 1.52. The van der Waals surface area contributed by atoms with Crippen molar-refractivity contribution in [3.63, 3.8) is 0 Å². The van der Waals surface area contributed by atoms with E-state index in [2.05, 4.69) is 0 Å². The van der Waals surface area contributed by atoms with E-state index in [1.165, 1.54) is 27.0 Å². The van der Waals surface area contributed by atoms with Crippen molar-refractivity contribution in [2.75, 3.05) is 21.3 Å². The summed E-state index contributed by atoms with van der Waals surface area (Å²) < 4.78 is 50.0. The molecule has 0 saturated heterocycles. The van der Waals surface area contributed by atoms with Gasteiger partial charge in [0, 0.05) is 21.3 Å². The zero-order valence-electron chi connectivity index (χ0n) is 8.22. The summed E-state index contributed by atoms with van der Waals surface area (Å²) in [4.78, 5) is 0. The fourth-order valence-corrected chi connectivity index (χ4v) is 2.11. The van der Waals surface area contributed by atoms with Crippen LogP contribution < -0.4 is 0 Å². The van der Waals surface area contributed by atoms with Crippen LogP contribution in [0.1, 0.15) is 6.42 Å². The molecule has 7 heteroatoms. The van der Waals surface area contributed by atoms with Gasteiger partial charge in [-0.15, -0.1) is 0 Å². The molecule has 0 radical (unpaired) electrons. The smallest absolute Gasteiger partial charge is 0.374 e. The van der Waals surface area contributed by atoms with Crippen molar-refractivity contribution >= 4 is 8.80 Å². The highest BCUT2D eigenvalue weighted by Crippen LogP contribution is 2.20. The quantitative estimate of drug-likeness (QED) is 0.675. The van der Waals surface area contributed by atoms with Crippen LogP contribution >= 0.6 is 0 Å². The fourth-order valence-electron chi connectivity index (χ4n) is 0.791. The molecule has 0 saturated carbocycles.